The minimum absolute atomic E-state index is 0.116. The molecule has 0 saturated heterocycles. The Morgan fingerprint density at radius 3 is 2.45 bits per heavy atom. The van der Waals surface area contributed by atoms with Crippen LogP contribution < -0.4 is 0 Å². The summed E-state index contributed by atoms with van der Waals surface area (Å²) in [5.41, 5.74) is 3.27. The lowest BCUT2D eigenvalue weighted by Crippen LogP contribution is -2.27. The zero-order valence-electron chi connectivity index (χ0n) is 12.2. The van der Waals surface area contributed by atoms with Crippen LogP contribution in [0.4, 0.5) is 0 Å². The summed E-state index contributed by atoms with van der Waals surface area (Å²) in [5, 5.41) is 0. The molecule has 0 aliphatic rings. The molecule has 0 fully saturated rings. The van der Waals surface area contributed by atoms with Crippen molar-refractivity contribution in [3.05, 3.63) is 72.1 Å². The topological polar surface area (TPSA) is 25.2 Å². The molecule has 0 unspecified atom stereocenters. The van der Waals surface area contributed by atoms with E-state index in [1.165, 1.54) is 5.56 Å². The molecule has 1 heterocycles. The van der Waals surface area contributed by atoms with E-state index in [9.17, 15) is 0 Å². The molecule has 0 amide bonds. The number of aliphatic imine (C=N–C) groups is 1. The van der Waals surface area contributed by atoms with E-state index in [-0.39, 0.29) is 5.41 Å². The molecule has 20 heavy (non-hydrogen) atoms. The van der Waals surface area contributed by atoms with Crippen molar-refractivity contribution in [1.29, 1.82) is 0 Å². The summed E-state index contributed by atoms with van der Waals surface area (Å²) in [6.45, 7) is 4.39. The van der Waals surface area contributed by atoms with Gasteiger partial charge in [0.25, 0.3) is 0 Å². The third-order valence-corrected chi connectivity index (χ3v) is 3.49. The molecule has 1 aromatic carbocycles. The predicted molar refractivity (Wildman–Crippen MR) is 86.1 cm³/mol. The summed E-state index contributed by atoms with van der Waals surface area (Å²) < 4.78 is 0. The van der Waals surface area contributed by atoms with Crippen molar-refractivity contribution < 1.29 is 0 Å². The minimum Gasteiger partial charge on any atom is -0.292 e. The molecular weight excluding hydrogens is 244 g/mol. The summed E-state index contributed by atoms with van der Waals surface area (Å²) in [5.74, 6) is 0. The summed E-state index contributed by atoms with van der Waals surface area (Å²) >= 11 is 0. The van der Waals surface area contributed by atoms with Crippen molar-refractivity contribution in [2.75, 3.05) is 7.05 Å². The van der Waals surface area contributed by atoms with Gasteiger partial charge in [0.2, 0.25) is 0 Å². The van der Waals surface area contributed by atoms with Crippen LogP contribution in [-0.4, -0.2) is 17.7 Å². The van der Waals surface area contributed by atoms with Gasteiger partial charge in [0.05, 0.1) is 0 Å². The first kappa shape index (κ1) is 14.2. The molecule has 0 N–H and O–H groups in total. The van der Waals surface area contributed by atoms with Crippen molar-refractivity contribution in [3.63, 3.8) is 0 Å². The van der Waals surface area contributed by atoms with Crippen LogP contribution in [0, 0.1) is 0 Å². The van der Waals surface area contributed by atoms with Crippen LogP contribution in [0.2, 0.25) is 0 Å². The number of hydrogen-bond donors (Lipinski definition) is 0. The zero-order valence-corrected chi connectivity index (χ0v) is 12.2. The normalized spacial score (nSPS) is 12.8. The maximum absolute atomic E-state index is 4.46. The molecule has 102 valence electrons. The Hall–Kier alpha value is -2.22. The quantitative estimate of drug-likeness (QED) is 0.762. The Balaban J connectivity index is 2.27. The third kappa shape index (κ3) is 3.21. The van der Waals surface area contributed by atoms with Crippen molar-refractivity contribution in [1.82, 2.24) is 4.98 Å². The second-order valence-electron chi connectivity index (χ2n) is 5.22. The third-order valence-electron chi connectivity index (χ3n) is 3.49. The number of rotatable bonds is 4. The molecule has 0 aliphatic carbocycles. The van der Waals surface area contributed by atoms with Gasteiger partial charge in [-0.05, 0) is 23.3 Å². The molecule has 0 aliphatic heterocycles. The van der Waals surface area contributed by atoms with E-state index in [4.69, 9.17) is 0 Å². The van der Waals surface area contributed by atoms with E-state index in [1.54, 1.807) is 6.20 Å². The van der Waals surface area contributed by atoms with Crippen LogP contribution in [0.1, 0.15) is 25.0 Å². The Morgan fingerprint density at radius 1 is 1.10 bits per heavy atom. The Morgan fingerprint density at radius 2 is 1.85 bits per heavy atom. The molecular formula is C18H20N2. The van der Waals surface area contributed by atoms with E-state index >= 15 is 0 Å². The number of aromatic nitrogens is 1. The highest BCUT2D eigenvalue weighted by Gasteiger charge is 2.24. The first-order chi connectivity index (χ1) is 9.64. The highest BCUT2D eigenvalue weighted by Crippen LogP contribution is 2.25. The van der Waals surface area contributed by atoms with Crippen LogP contribution >= 0.6 is 0 Å². The molecule has 2 aromatic rings. The van der Waals surface area contributed by atoms with E-state index in [0.717, 1.165) is 11.3 Å². The summed E-state index contributed by atoms with van der Waals surface area (Å²) in [6, 6.07) is 14.4. The fourth-order valence-electron chi connectivity index (χ4n) is 2.21. The Kier molecular flexibility index (Phi) is 4.46. The molecule has 0 bridgehead atoms. The summed E-state index contributed by atoms with van der Waals surface area (Å²) in [6.07, 6.45) is 7.75. The number of nitrogens with zero attached hydrogens (tertiary/aromatic N) is 2. The largest absolute Gasteiger partial charge is 0.292 e. The molecule has 0 atom stereocenters. The van der Waals surface area contributed by atoms with Crippen molar-refractivity contribution in [2.45, 2.75) is 19.3 Å². The van der Waals surface area contributed by atoms with E-state index in [1.807, 2.05) is 31.4 Å². The van der Waals surface area contributed by atoms with Gasteiger partial charge in [-0.3, -0.25) is 9.98 Å². The van der Waals surface area contributed by atoms with Gasteiger partial charge in [0, 0.05) is 30.6 Å². The van der Waals surface area contributed by atoms with E-state index in [2.05, 4.69) is 60.2 Å². The van der Waals surface area contributed by atoms with Crippen molar-refractivity contribution in [2.24, 2.45) is 4.99 Å². The van der Waals surface area contributed by atoms with Gasteiger partial charge in [-0.25, -0.2) is 0 Å². The molecule has 0 radical (unpaired) electrons. The predicted octanol–water partition coefficient (Wildman–Crippen LogP) is 4.14. The standard InChI is InChI=1S/C18H20N2/c1-18(2,16-9-5-4-6-10-16)17(19-3)12-11-15-8-7-13-20-14-15/h4-14H,1-3H3/b12-11+,19-17?. The van der Waals surface area contributed by atoms with Gasteiger partial charge < -0.3 is 0 Å². The summed E-state index contributed by atoms with van der Waals surface area (Å²) in [7, 11) is 1.84. The molecule has 2 nitrogen and oxygen atoms in total. The van der Waals surface area contributed by atoms with Crippen molar-refractivity contribution in [3.8, 4) is 0 Å². The van der Waals surface area contributed by atoms with Crippen LogP contribution in [0.15, 0.2) is 65.9 Å². The van der Waals surface area contributed by atoms with Crippen molar-refractivity contribution >= 4 is 11.8 Å². The van der Waals surface area contributed by atoms with Gasteiger partial charge >= 0.3 is 0 Å². The highest BCUT2D eigenvalue weighted by atomic mass is 14.7. The highest BCUT2D eigenvalue weighted by molar-refractivity contribution is 6.05. The number of hydrogen-bond acceptors (Lipinski definition) is 2. The lowest BCUT2D eigenvalue weighted by atomic mass is 9.79. The molecule has 1 aromatic heterocycles. The SMILES string of the molecule is CN=C(/C=C/c1cccnc1)C(C)(C)c1ccccc1. The fraction of sp³-hybridized carbons (Fsp3) is 0.222. The number of pyridine rings is 1. The van der Waals surface area contributed by atoms with E-state index < -0.39 is 0 Å². The molecule has 2 rings (SSSR count). The lowest BCUT2D eigenvalue weighted by Gasteiger charge is -2.25. The Labute approximate surface area is 120 Å². The fourth-order valence-corrected chi connectivity index (χ4v) is 2.21. The maximum Gasteiger partial charge on any atom is 0.0445 e. The average Bonchev–Trinajstić information content (AvgIpc) is 2.49. The van der Waals surface area contributed by atoms with Crippen LogP contribution in [0.5, 0.6) is 0 Å². The minimum atomic E-state index is -0.116. The Bertz CT molecular complexity index is 596. The smallest absolute Gasteiger partial charge is 0.0445 e. The molecule has 0 saturated carbocycles. The van der Waals surface area contributed by atoms with Crippen LogP contribution in [-0.2, 0) is 5.41 Å². The maximum atomic E-state index is 4.46. The lowest BCUT2D eigenvalue weighted by molar-refractivity contribution is 0.719. The second-order valence-corrected chi connectivity index (χ2v) is 5.22. The van der Waals surface area contributed by atoms with Gasteiger partial charge in [-0.15, -0.1) is 0 Å². The number of benzene rings is 1. The van der Waals surface area contributed by atoms with E-state index in [0.29, 0.717) is 0 Å². The van der Waals surface area contributed by atoms with Gasteiger partial charge in [0.1, 0.15) is 0 Å². The number of allylic oxidation sites excluding steroid dienone is 1. The van der Waals surface area contributed by atoms with Gasteiger partial charge in [-0.2, -0.15) is 0 Å². The van der Waals surface area contributed by atoms with Crippen LogP contribution in [0.25, 0.3) is 6.08 Å². The molecule has 2 heteroatoms. The van der Waals surface area contributed by atoms with Gasteiger partial charge in [-0.1, -0.05) is 56.3 Å². The second kappa shape index (κ2) is 6.29. The first-order valence-corrected chi connectivity index (χ1v) is 6.75. The average molecular weight is 264 g/mol. The molecule has 0 spiro atoms. The monoisotopic (exact) mass is 264 g/mol. The summed E-state index contributed by atoms with van der Waals surface area (Å²) in [4.78, 5) is 8.58. The van der Waals surface area contributed by atoms with Gasteiger partial charge in [0.15, 0.2) is 0 Å². The van der Waals surface area contributed by atoms with Crippen LogP contribution in [0.3, 0.4) is 0 Å². The first-order valence-electron chi connectivity index (χ1n) is 6.75. The zero-order chi connectivity index (χ0) is 14.4.